The average Bonchev–Trinajstić information content (AvgIpc) is 2.39. The molecular weight excluding hydrogens is 225 g/mol. The van der Waals surface area contributed by atoms with Crippen LogP contribution in [0.3, 0.4) is 0 Å². The molecule has 0 aliphatic rings. The molecule has 0 fully saturated rings. The molecule has 1 aromatic heterocycles. The largest absolute Gasteiger partial charge is 0.258 e. The molecule has 0 saturated heterocycles. The Labute approximate surface area is 111 Å². The molecule has 0 aliphatic carbocycles. The maximum absolute atomic E-state index is 13.8. The minimum Gasteiger partial charge on any atom is -0.258 e. The van der Waals surface area contributed by atoms with Gasteiger partial charge in [-0.05, 0) is 25.0 Å². The third-order valence-electron chi connectivity index (χ3n) is 3.49. The van der Waals surface area contributed by atoms with Crippen molar-refractivity contribution in [2.75, 3.05) is 0 Å². The van der Waals surface area contributed by atoms with E-state index < -0.39 is 0 Å². The SMILES string of the molecule is CCCCCCC(CCCC)c1ncccc1F. The van der Waals surface area contributed by atoms with Crippen LogP contribution in [0.25, 0.3) is 0 Å². The molecule has 0 spiro atoms. The molecule has 1 unspecified atom stereocenters. The minimum atomic E-state index is -0.130. The summed E-state index contributed by atoms with van der Waals surface area (Å²) in [5.74, 6) is 0.178. The average molecular weight is 251 g/mol. The van der Waals surface area contributed by atoms with Crippen LogP contribution in [0.2, 0.25) is 0 Å². The number of hydrogen-bond acceptors (Lipinski definition) is 1. The summed E-state index contributed by atoms with van der Waals surface area (Å²) in [5, 5.41) is 0. The Kier molecular flexibility index (Phi) is 7.63. The summed E-state index contributed by atoms with van der Waals surface area (Å²) in [7, 11) is 0. The fraction of sp³-hybridized carbons (Fsp3) is 0.688. The van der Waals surface area contributed by atoms with Gasteiger partial charge in [0.2, 0.25) is 0 Å². The summed E-state index contributed by atoms with van der Waals surface area (Å²) in [6.07, 6.45) is 11.2. The van der Waals surface area contributed by atoms with Crippen LogP contribution in [0, 0.1) is 5.82 Å². The van der Waals surface area contributed by atoms with E-state index in [4.69, 9.17) is 0 Å². The molecule has 102 valence electrons. The molecule has 1 aromatic rings. The predicted octanol–water partition coefficient (Wildman–Crippen LogP) is 5.46. The van der Waals surface area contributed by atoms with Gasteiger partial charge in [0.05, 0.1) is 5.69 Å². The minimum absolute atomic E-state index is 0.130. The molecule has 1 rings (SSSR count). The van der Waals surface area contributed by atoms with Gasteiger partial charge >= 0.3 is 0 Å². The number of hydrogen-bond donors (Lipinski definition) is 0. The van der Waals surface area contributed by atoms with Crippen LogP contribution in [0.4, 0.5) is 4.39 Å². The molecule has 0 amide bonds. The molecular formula is C16H26FN. The van der Waals surface area contributed by atoms with Crippen molar-refractivity contribution in [2.45, 2.75) is 71.1 Å². The number of halogens is 1. The highest BCUT2D eigenvalue weighted by Gasteiger charge is 2.16. The maximum atomic E-state index is 13.8. The predicted molar refractivity (Wildman–Crippen MR) is 75.2 cm³/mol. The highest BCUT2D eigenvalue weighted by atomic mass is 19.1. The Morgan fingerprint density at radius 2 is 1.78 bits per heavy atom. The highest BCUT2D eigenvalue weighted by molar-refractivity contribution is 5.12. The van der Waals surface area contributed by atoms with Gasteiger partial charge in [-0.3, -0.25) is 4.98 Å². The van der Waals surface area contributed by atoms with Gasteiger partial charge in [-0.25, -0.2) is 4.39 Å². The molecule has 0 radical (unpaired) electrons. The second-order valence-corrected chi connectivity index (χ2v) is 5.06. The van der Waals surface area contributed by atoms with E-state index in [0.717, 1.165) is 19.3 Å². The van der Waals surface area contributed by atoms with E-state index >= 15 is 0 Å². The maximum Gasteiger partial charge on any atom is 0.144 e. The van der Waals surface area contributed by atoms with Crippen LogP contribution in [0.1, 0.15) is 76.8 Å². The van der Waals surface area contributed by atoms with Crippen LogP contribution < -0.4 is 0 Å². The van der Waals surface area contributed by atoms with Crippen LogP contribution in [0.5, 0.6) is 0 Å². The Bertz CT molecular complexity index is 325. The molecule has 1 atom stereocenters. The number of aromatic nitrogens is 1. The van der Waals surface area contributed by atoms with Gasteiger partial charge in [-0.2, -0.15) is 0 Å². The summed E-state index contributed by atoms with van der Waals surface area (Å²) in [4.78, 5) is 4.26. The molecule has 2 heteroatoms. The third-order valence-corrected chi connectivity index (χ3v) is 3.49. The zero-order valence-electron chi connectivity index (χ0n) is 11.8. The fourth-order valence-corrected chi connectivity index (χ4v) is 2.38. The quantitative estimate of drug-likeness (QED) is 0.531. The first-order chi connectivity index (χ1) is 8.79. The van der Waals surface area contributed by atoms with E-state index in [-0.39, 0.29) is 5.82 Å². The number of nitrogens with zero attached hydrogens (tertiary/aromatic N) is 1. The Hall–Kier alpha value is -0.920. The second-order valence-electron chi connectivity index (χ2n) is 5.06. The second kappa shape index (κ2) is 9.07. The van der Waals surface area contributed by atoms with E-state index in [1.54, 1.807) is 12.3 Å². The molecule has 1 nitrogen and oxygen atoms in total. The highest BCUT2D eigenvalue weighted by Crippen LogP contribution is 2.28. The first-order valence-corrected chi connectivity index (χ1v) is 7.40. The van der Waals surface area contributed by atoms with Gasteiger partial charge in [0.15, 0.2) is 0 Å². The topological polar surface area (TPSA) is 12.9 Å². The summed E-state index contributed by atoms with van der Waals surface area (Å²) < 4.78 is 13.8. The fourth-order valence-electron chi connectivity index (χ4n) is 2.38. The lowest BCUT2D eigenvalue weighted by atomic mass is 9.91. The van der Waals surface area contributed by atoms with Crippen LogP contribution in [-0.2, 0) is 0 Å². The van der Waals surface area contributed by atoms with E-state index in [1.807, 2.05) is 0 Å². The first-order valence-electron chi connectivity index (χ1n) is 7.40. The Balaban J connectivity index is 2.57. The monoisotopic (exact) mass is 251 g/mol. The lowest BCUT2D eigenvalue weighted by Gasteiger charge is -2.16. The normalized spacial score (nSPS) is 12.6. The van der Waals surface area contributed by atoms with Crippen molar-refractivity contribution < 1.29 is 4.39 Å². The van der Waals surface area contributed by atoms with E-state index in [9.17, 15) is 4.39 Å². The van der Waals surface area contributed by atoms with E-state index in [0.29, 0.717) is 11.6 Å². The van der Waals surface area contributed by atoms with Crippen LogP contribution >= 0.6 is 0 Å². The number of rotatable bonds is 9. The summed E-state index contributed by atoms with van der Waals surface area (Å²) in [6, 6.07) is 3.21. The van der Waals surface area contributed by atoms with Crippen LogP contribution in [-0.4, -0.2) is 4.98 Å². The number of unbranched alkanes of at least 4 members (excludes halogenated alkanes) is 4. The lowest BCUT2D eigenvalue weighted by molar-refractivity contribution is 0.474. The van der Waals surface area contributed by atoms with Crippen LogP contribution in [0.15, 0.2) is 18.3 Å². The van der Waals surface area contributed by atoms with Crippen molar-refractivity contribution in [3.05, 3.63) is 29.8 Å². The van der Waals surface area contributed by atoms with Crippen molar-refractivity contribution in [3.63, 3.8) is 0 Å². The Morgan fingerprint density at radius 3 is 2.44 bits per heavy atom. The Morgan fingerprint density at radius 1 is 1.06 bits per heavy atom. The summed E-state index contributed by atoms with van der Waals surface area (Å²) >= 11 is 0. The first kappa shape index (κ1) is 15.1. The van der Waals surface area contributed by atoms with Gasteiger partial charge in [-0.15, -0.1) is 0 Å². The zero-order valence-corrected chi connectivity index (χ0v) is 11.8. The molecule has 18 heavy (non-hydrogen) atoms. The molecule has 0 N–H and O–H groups in total. The molecule has 1 heterocycles. The van der Waals surface area contributed by atoms with Gasteiger partial charge in [0.1, 0.15) is 5.82 Å². The van der Waals surface area contributed by atoms with Crippen molar-refractivity contribution in [2.24, 2.45) is 0 Å². The smallest absolute Gasteiger partial charge is 0.144 e. The van der Waals surface area contributed by atoms with Crippen molar-refractivity contribution in [1.29, 1.82) is 0 Å². The van der Waals surface area contributed by atoms with Crippen molar-refractivity contribution in [1.82, 2.24) is 4.98 Å². The lowest BCUT2D eigenvalue weighted by Crippen LogP contribution is -2.05. The zero-order chi connectivity index (χ0) is 13.2. The van der Waals surface area contributed by atoms with Gasteiger partial charge < -0.3 is 0 Å². The van der Waals surface area contributed by atoms with Gasteiger partial charge in [0, 0.05) is 12.1 Å². The molecule has 0 saturated carbocycles. The van der Waals surface area contributed by atoms with E-state index in [1.165, 1.54) is 38.2 Å². The summed E-state index contributed by atoms with van der Waals surface area (Å²) in [5.41, 5.74) is 0.683. The standard InChI is InChI=1S/C16H26FN/c1-3-5-7-8-11-14(10-6-4-2)16-15(17)12-9-13-18-16/h9,12-14H,3-8,10-11H2,1-2H3. The van der Waals surface area contributed by atoms with Crippen molar-refractivity contribution >= 4 is 0 Å². The van der Waals surface area contributed by atoms with Gasteiger partial charge in [0.25, 0.3) is 0 Å². The third kappa shape index (κ3) is 5.16. The molecule has 0 bridgehead atoms. The van der Waals surface area contributed by atoms with Crippen molar-refractivity contribution in [3.8, 4) is 0 Å². The molecule has 0 aliphatic heterocycles. The molecule has 0 aromatic carbocycles. The number of pyridine rings is 1. The van der Waals surface area contributed by atoms with Gasteiger partial charge in [-0.1, -0.05) is 52.4 Å². The van der Waals surface area contributed by atoms with E-state index in [2.05, 4.69) is 18.8 Å². The summed E-state index contributed by atoms with van der Waals surface area (Å²) in [6.45, 7) is 4.40.